The van der Waals surface area contributed by atoms with Crippen LogP contribution in [0.1, 0.15) is 31.7 Å². The van der Waals surface area contributed by atoms with Crippen molar-refractivity contribution < 1.29 is 0 Å². The van der Waals surface area contributed by atoms with Crippen molar-refractivity contribution in [3.8, 4) is 0 Å². The number of nitrogens with zero attached hydrogens (tertiary/aromatic N) is 3. The molecule has 16 heavy (non-hydrogen) atoms. The molecule has 0 atom stereocenters. The van der Waals surface area contributed by atoms with Crippen LogP contribution in [0.5, 0.6) is 0 Å². The maximum Gasteiger partial charge on any atom is 0.137 e. The Morgan fingerprint density at radius 1 is 1.25 bits per heavy atom. The predicted molar refractivity (Wildman–Crippen MR) is 67.0 cm³/mol. The zero-order valence-corrected chi connectivity index (χ0v) is 10.2. The van der Waals surface area contributed by atoms with E-state index in [0.29, 0.717) is 0 Å². The van der Waals surface area contributed by atoms with Crippen molar-refractivity contribution in [2.24, 2.45) is 0 Å². The second kappa shape index (κ2) is 5.14. The van der Waals surface area contributed by atoms with E-state index in [2.05, 4.69) is 27.1 Å². The Kier molecular flexibility index (Phi) is 3.59. The van der Waals surface area contributed by atoms with Gasteiger partial charge >= 0.3 is 0 Å². The number of hydrogen-bond donors (Lipinski definition) is 1. The Morgan fingerprint density at radius 2 is 2.00 bits per heavy atom. The summed E-state index contributed by atoms with van der Waals surface area (Å²) in [4.78, 5) is 11.1. The van der Waals surface area contributed by atoms with Crippen LogP contribution in [0.15, 0.2) is 6.33 Å². The first kappa shape index (κ1) is 11.2. The standard InChI is InChI=1S/C12H20N4/c1-3-10-11(13-2)14-9-15-12(10)16-7-5-4-6-8-16/h9H,3-8H2,1-2H3,(H,13,14,15). The molecule has 1 aromatic heterocycles. The summed E-state index contributed by atoms with van der Waals surface area (Å²) in [7, 11) is 1.92. The van der Waals surface area contributed by atoms with Crippen LogP contribution in [-0.4, -0.2) is 30.1 Å². The molecule has 1 fully saturated rings. The molecular formula is C12H20N4. The Labute approximate surface area is 97.1 Å². The van der Waals surface area contributed by atoms with Gasteiger partial charge in [-0.1, -0.05) is 6.92 Å². The summed E-state index contributed by atoms with van der Waals surface area (Å²) >= 11 is 0. The van der Waals surface area contributed by atoms with Crippen molar-refractivity contribution in [1.29, 1.82) is 0 Å². The monoisotopic (exact) mass is 220 g/mol. The van der Waals surface area contributed by atoms with Gasteiger partial charge in [0.2, 0.25) is 0 Å². The minimum atomic E-state index is 0.970. The van der Waals surface area contributed by atoms with E-state index in [1.807, 2.05) is 7.05 Å². The lowest BCUT2D eigenvalue weighted by atomic mass is 10.1. The highest BCUT2D eigenvalue weighted by Gasteiger charge is 2.17. The third-order valence-electron chi connectivity index (χ3n) is 3.17. The van der Waals surface area contributed by atoms with Crippen LogP contribution < -0.4 is 10.2 Å². The molecule has 4 heteroatoms. The first-order valence-electron chi connectivity index (χ1n) is 6.13. The highest BCUT2D eigenvalue weighted by molar-refractivity contribution is 5.58. The zero-order valence-electron chi connectivity index (χ0n) is 10.2. The molecule has 1 aliphatic rings. The summed E-state index contributed by atoms with van der Waals surface area (Å²) in [5.41, 5.74) is 1.24. The summed E-state index contributed by atoms with van der Waals surface area (Å²) in [5.74, 6) is 2.10. The van der Waals surface area contributed by atoms with Crippen molar-refractivity contribution in [3.05, 3.63) is 11.9 Å². The van der Waals surface area contributed by atoms with E-state index in [-0.39, 0.29) is 0 Å². The van der Waals surface area contributed by atoms with Gasteiger partial charge in [-0.25, -0.2) is 9.97 Å². The number of rotatable bonds is 3. The Hall–Kier alpha value is -1.32. The van der Waals surface area contributed by atoms with Gasteiger partial charge in [-0.2, -0.15) is 0 Å². The van der Waals surface area contributed by atoms with Crippen LogP contribution in [0.3, 0.4) is 0 Å². The van der Waals surface area contributed by atoms with Crippen LogP contribution in [0.25, 0.3) is 0 Å². The van der Waals surface area contributed by atoms with Crippen LogP contribution in [-0.2, 0) is 6.42 Å². The van der Waals surface area contributed by atoms with Crippen LogP contribution in [0, 0.1) is 0 Å². The molecule has 0 unspecified atom stereocenters. The van der Waals surface area contributed by atoms with Crippen molar-refractivity contribution in [2.75, 3.05) is 30.4 Å². The maximum absolute atomic E-state index is 4.46. The average molecular weight is 220 g/mol. The summed E-state index contributed by atoms with van der Waals surface area (Å²) < 4.78 is 0. The van der Waals surface area contributed by atoms with Gasteiger partial charge in [0.05, 0.1) is 0 Å². The fourth-order valence-electron chi connectivity index (χ4n) is 2.32. The smallest absolute Gasteiger partial charge is 0.137 e. The molecule has 0 spiro atoms. The zero-order chi connectivity index (χ0) is 11.4. The Morgan fingerprint density at radius 3 is 2.62 bits per heavy atom. The van der Waals surface area contributed by atoms with E-state index in [0.717, 1.165) is 31.1 Å². The summed E-state index contributed by atoms with van der Waals surface area (Å²) in [5, 5.41) is 3.15. The fourth-order valence-corrected chi connectivity index (χ4v) is 2.32. The van der Waals surface area contributed by atoms with Gasteiger partial charge in [-0.3, -0.25) is 0 Å². The lowest BCUT2D eigenvalue weighted by Crippen LogP contribution is -2.31. The molecule has 1 aliphatic heterocycles. The lowest BCUT2D eigenvalue weighted by molar-refractivity contribution is 0.571. The molecule has 1 saturated heterocycles. The SMILES string of the molecule is CCc1c(NC)ncnc1N1CCCCC1. The quantitative estimate of drug-likeness (QED) is 0.846. The van der Waals surface area contributed by atoms with E-state index in [1.165, 1.54) is 24.8 Å². The van der Waals surface area contributed by atoms with E-state index >= 15 is 0 Å². The van der Waals surface area contributed by atoms with Gasteiger partial charge < -0.3 is 10.2 Å². The molecule has 0 saturated carbocycles. The van der Waals surface area contributed by atoms with Crippen LogP contribution in [0.2, 0.25) is 0 Å². The van der Waals surface area contributed by atoms with Gasteiger partial charge in [0.1, 0.15) is 18.0 Å². The fraction of sp³-hybridized carbons (Fsp3) is 0.667. The van der Waals surface area contributed by atoms with Crippen molar-refractivity contribution in [1.82, 2.24) is 9.97 Å². The Bertz CT molecular complexity index is 345. The molecule has 1 N–H and O–H groups in total. The molecule has 2 heterocycles. The molecule has 0 aromatic carbocycles. The third-order valence-corrected chi connectivity index (χ3v) is 3.17. The number of hydrogen-bond acceptors (Lipinski definition) is 4. The molecule has 0 bridgehead atoms. The van der Waals surface area contributed by atoms with E-state index < -0.39 is 0 Å². The minimum absolute atomic E-state index is 0.970. The van der Waals surface area contributed by atoms with Crippen molar-refractivity contribution >= 4 is 11.6 Å². The highest BCUT2D eigenvalue weighted by atomic mass is 15.2. The van der Waals surface area contributed by atoms with Gasteiger partial charge in [-0.15, -0.1) is 0 Å². The molecule has 1 aromatic rings. The van der Waals surface area contributed by atoms with Crippen molar-refractivity contribution in [3.63, 3.8) is 0 Å². The van der Waals surface area contributed by atoms with Gasteiger partial charge in [0, 0.05) is 25.7 Å². The van der Waals surface area contributed by atoms with Crippen LogP contribution in [0.4, 0.5) is 11.6 Å². The van der Waals surface area contributed by atoms with Gasteiger partial charge in [-0.05, 0) is 25.7 Å². The highest BCUT2D eigenvalue weighted by Crippen LogP contribution is 2.25. The predicted octanol–water partition coefficient (Wildman–Crippen LogP) is 2.07. The molecule has 88 valence electrons. The second-order valence-corrected chi connectivity index (χ2v) is 4.18. The van der Waals surface area contributed by atoms with E-state index in [4.69, 9.17) is 0 Å². The number of piperidine rings is 1. The molecule has 0 amide bonds. The largest absolute Gasteiger partial charge is 0.373 e. The second-order valence-electron chi connectivity index (χ2n) is 4.18. The lowest BCUT2D eigenvalue weighted by Gasteiger charge is -2.29. The summed E-state index contributed by atoms with van der Waals surface area (Å²) in [6.07, 6.45) is 6.55. The van der Waals surface area contributed by atoms with E-state index in [1.54, 1.807) is 6.33 Å². The maximum atomic E-state index is 4.46. The molecule has 2 rings (SSSR count). The molecule has 0 aliphatic carbocycles. The van der Waals surface area contributed by atoms with Crippen molar-refractivity contribution in [2.45, 2.75) is 32.6 Å². The minimum Gasteiger partial charge on any atom is -0.373 e. The molecule has 4 nitrogen and oxygen atoms in total. The number of anilines is 2. The van der Waals surface area contributed by atoms with Gasteiger partial charge in [0.25, 0.3) is 0 Å². The topological polar surface area (TPSA) is 41.1 Å². The normalized spacial score (nSPS) is 16.2. The van der Waals surface area contributed by atoms with Crippen LogP contribution >= 0.6 is 0 Å². The number of aromatic nitrogens is 2. The number of nitrogens with one attached hydrogen (secondary N) is 1. The summed E-state index contributed by atoms with van der Waals surface area (Å²) in [6.45, 7) is 4.42. The van der Waals surface area contributed by atoms with E-state index in [9.17, 15) is 0 Å². The average Bonchev–Trinajstić information content (AvgIpc) is 2.38. The van der Waals surface area contributed by atoms with Gasteiger partial charge in [0.15, 0.2) is 0 Å². The third kappa shape index (κ3) is 2.10. The first-order chi connectivity index (χ1) is 7.86. The Balaban J connectivity index is 2.30. The summed E-state index contributed by atoms with van der Waals surface area (Å²) in [6, 6.07) is 0. The first-order valence-corrected chi connectivity index (χ1v) is 6.13. The molecule has 0 radical (unpaired) electrons. The molecular weight excluding hydrogens is 200 g/mol.